The predicted molar refractivity (Wildman–Crippen MR) is 63.7 cm³/mol. The van der Waals surface area contributed by atoms with E-state index in [1.807, 2.05) is 0 Å². The standard InChI is InChI=1S/C11H15NO4S/c1-8-7-11(9(2)6-10(8)16-3)17(14,15)12-4-5-13/h5-7,12H,4H2,1-3H3. The molecule has 94 valence electrons. The molecule has 0 saturated carbocycles. The lowest BCUT2D eigenvalue weighted by Crippen LogP contribution is -2.26. The fourth-order valence-electron chi connectivity index (χ4n) is 1.49. The maximum Gasteiger partial charge on any atom is 0.241 e. The number of hydrogen-bond acceptors (Lipinski definition) is 4. The van der Waals surface area contributed by atoms with Gasteiger partial charge in [0.25, 0.3) is 0 Å². The van der Waals surface area contributed by atoms with Crippen LogP contribution in [0.3, 0.4) is 0 Å². The molecule has 0 heterocycles. The van der Waals surface area contributed by atoms with Crippen molar-refractivity contribution in [1.29, 1.82) is 0 Å². The molecule has 1 rings (SSSR count). The number of hydrogen-bond donors (Lipinski definition) is 1. The topological polar surface area (TPSA) is 72.5 Å². The average molecular weight is 257 g/mol. The highest BCUT2D eigenvalue weighted by Crippen LogP contribution is 2.25. The maximum absolute atomic E-state index is 11.9. The number of carbonyl (C=O) groups is 1. The first-order valence-electron chi connectivity index (χ1n) is 5.01. The van der Waals surface area contributed by atoms with Crippen LogP contribution in [0.5, 0.6) is 5.75 Å². The van der Waals surface area contributed by atoms with Crippen LogP contribution in [0.1, 0.15) is 11.1 Å². The number of ether oxygens (including phenoxy) is 1. The minimum atomic E-state index is -3.64. The number of carbonyl (C=O) groups excluding carboxylic acids is 1. The Morgan fingerprint density at radius 3 is 2.47 bits per heavy atom. The molecule has 6 heteroatoms. The first-order valence-corrected chi connectivity index (χ1v) is 6.49. The summed E-state index contributed by atoms with van der Waals surface area (Å²) in [5.41, 5.74) is 1.30. The second kappa shape index (κ2) is 5.29. The molecular formula is C11H15NO4S. The van der Waals surface area contributed by atoms with Gasteiger partial charge in [0.15, 0.2) is 0 Å². The second-order valence-corrected chi connectivity index (χ2v) is 5.34. The Morgan fingerprint density at radius 1 is 1.29 bits per heavy atom. The van der Waals surface area contributed by atoms with E-state index in [2.05, 4.69) is 4.72 Å². The number of methoxy groups -OCH3 is 1. The Kier molecular flexibility index (Phi) is 4.25. The van der Waals surface area contributed by atoms with Gasteiger partial charge in [-0.25, -0.2) is 13.1 Å². The van der Waals surface area contributed by atoms with Crippen molar-refractivity contribution in [3.63, 3.8) is 0 Å². The van der Waals surface area contributed by atoms with Crippen molar-refractivity contribution >= 4 is 16.3 Å². The van der Waals surface area contributed by atoms with Gasteiger partial charge in [-0.1, -0.05) is 0 Å². The zero-order valence-electron chi connectivity index (χ0n) is 9.98. The zero-order chi connectivity index (χ0) is 13.1. The summed E-state index contributed by atoms with van der Waals surface area (Å²) in [6, 6.07) is 3.19. The molecule has 0 amide bonds. The van der Waals surface area contributed by atoms with Crippen LogP contribution in [0.4, 0.5) is 0 Å². The van der Waals surface area contributed by atoms with E-state index < -0.39 is 10.0 Å². The highest BCUT2D eigenvalue weighted by Gasteiger charge is 2.17. The highest BCUT2D eigenvalue weighted by molar-refractivity contribution is 7.89. The molecule has 5 nitrogen and oxygen atoms in total. The molecule has 0 spiro atoms. The van der Waals surface area contributed by atoms with Crippen molar-refractivity contribution in [1.82, 2.24) is 4.72 Å². The van der Waals surface area contributed by atoms with Crippen molar-refractivity contribution < 1.29 is 17.9 Å². The second-order valence-electron chi connectivity index (χ2n) is 3.61. The summed E-state index contributed by atoms with van der Waals surface area (Å²) in [4.78, 5) is 10.4. The van der Waals surface area contributed by atoms with Gasteiger partial charge in [-0.3, -0.25) is 0 Å². The molecule has 0 fully saturated rings. The summed E-state index contributed by atoms with van der Waals surface area (Å²) < 4.78 is 31.0. The fraction of sp³-hybridized carbons (Fsp3) is 0.364. The van der Waals surface area contributed by atoms with E-state index in [0.29, 0.717) is 17.6 Å². The fourth-order valence-corrected chi connectivity index (χ4v) is 2.75. The SMILES string of the molecule is COc1cc(C)c(S(=O)(=O)NCC=O)cc1C. The first kappa shape index (κ1) is 13.7. The normalized spacial score (nSPS) is 11.2. The summed E-state index contributed by atoms with van der Waals surface area (Å²) in [5.74, 6) is 0.636. The van der Waals surface area contributed by atoms with Gasteiger partial charge in [0.2, 0.25) is 10.0 Å². The van der Waals surface area contributed by atoms with Crippen molar-refractivity contribution in [2.24, 2.45) is 0 Å². The summed E-state index contributed by atoms with van der Waals surface area (Å²) in [6.07, 6.45) is 0.503. The molecule has 0 aromatic heterocycles. The van der Waals surface area contributed by atoms with E-state index >= 15 is 0 Å². The van der Waals surface area contributed by atoms with Crippen LogP contribution in [-0.4, -0.2) is 28.4 Å². The van der Waals surface area contributed by atoms with Gasteiger partial charge in [-0.2, -0.15) is 0 Å². The van der Waals surface area contributed by atoms with E-state index in [-0.39, 0.29) is 11.4 Å². The summed E-state index contributed by atoms with van der Waals surface area (Å²) in [6.45, 7) is 3.21. The van der Waals surface area contributed by atoms with Crippen molar-refractivity contribution in [2.45, 2.75) is 18.7 Å². The largest absolute Gasteiger partial charge is 0.496 e. The summed E-state index contributed by atoms with van der Waals surface area (Å²) >= 11 is 0. The third-order valence-corrected chi connectivity index (χ3v) is 3.90. The number of rotatable bonds is 5. The van der Waals surface area contributed by atoms with Gasteiger partial charge >= 0.3 is 0 Å². The van der Waals surface area contributed by atoms with E-state index in [9.17, 15) is 13.2 Å². The van der Waals surface area contributed by atoms with Crippen molar-refractivity contribution in [2.75, 3.05) is 13.7 Å². The molecular weight excluding hydrogens is 242 g/mol. The van der Waals surface area contributed by atoms with E-state index in [0.717, 1.165) is 5.56 Å². The predicted octanol–water partition coefficient (Wildman–Crippen LogP) is 0.789. The van der Waals surface area contributed by atoms with Crippen LogP contribution in [0.2, 0.25) is 0 Å². The quantitative estimate of drug-likeness (QED) is 0.791. The number of sulfonamides is 1. The molecule has 0 aliphatic carbocycles. The molecule has 0 aliphatic rings. The van der Waals surface area contributed by atoms with Gasteiger partial charge in [0.05, 0.1) is 18.6 Å². The van der Waals surface area contributed by atoms with Gasteiger partial charge in [-0.15, -0.1) is 0 Å². The molecule has 1 N–H and O–H groups in total. The summed E-state index contributed by atoms with van der Waals surface area (Å²) in [7, 11) is -2.11. The molecule has 0 aliphatic heterocycles. The van der Waals surface area contributed by atoms with E-state index in [4.69, 9.17) is 4.74 Å². The van der Waals surface area contributed by atoms with Crippen LogP contribution >= 0.6 is 0 Å². The summed E-state index contributed by atoms with van der Waals surface area (Å²) in [5, 5.41) is 0. The Morgan fingerprint density at radius 2 is 1.94 bits per heavy atom. The Bertz CT molecular complexity index is 523. The lowest BCUT2D eigenvalue weighted by molar-refractivity contribution is -0.106. The van der Waals surface area contributed by atoms with Crippen LogP contribution < -0.4 is 9.46 Å². The number of benzene rings is 1. The monoisotopic (exact) mass is 257 g/mol. The van der Waals surface area contributed by atoms with Gasteiger partial charge in [0, 0.05) is 0 Å². The zero-order valence-corrected chi connectivity index (χ0v) is 10.8. The Labute approximate surface area is 101 Å². The molecule has 1 aromatic rings. The molecule has 17 heavy (non-hydrogen) atoms. The van der Waals surface area contributed by atoms with Crippen LogP contribution in [0, 0.1) is 13.8 Å². The van der Waals surface area contributed by atoms with Gasteiger partial charge in [-0.05, 0) is 37.1 Å². The molecule has 0 bridgehead atoms. The lowest BCUT2D eigenvalue weighted by Gasteiger charge is -2.11. The third-order valence-electron chi connectivity index (χ3n) is 2.34. The Balaban J connectivity index is 3.23. The van der Waals surface area contributed by atoms with E-state index in [1.54, 1.807) is 19.9 Å². The maximum atomic E-state index is 11.9. The van der Waals surface area contributed by atoms with Crippen molar-refractivity contribution in [3.8, 4) is 5.75 Å². The minimum absolute atomic E-state index is 0.164. The number of nitrogens with one attached hydrogen (secondary N) is 1. The molecule has 0 radical (unpaired) electrons. The number of aldehydes is 1. The molecule has 1 aromatic carbocycles. The van der Waals surface area contributed by atoms with Crippen LogP contribution in [-0.2, 0) is 14.8 Å². The average Bonchev–Trinajstić information content (AvgIpc) is 2.28. The van der Waals surface area contributed by atoms with Crippen LogP contribution in [0.15, 0.2) is 17.0 Å². The highest BCUT2D eigenvalue weighted by atomic mass is 32.2. The van der Waals surface area contributed by atoms with E-state index in [1.165, 1.54) is 13.2 Å². The minimum Gasteiger partial charge on any atom is -0.496 e. The lowest BCUT2D eigenvalue weighted by atomic mass is 10.1. The molecule has 0 atom stereocenters. The van der Waals surface area contributed by atoms with Gasteiger partial charge < -0.3 is 9.53 Å². The smallest absolute Gasteiger partial charge is 0.241 e. The first-order chi connectivity index (χ1) is 7.92. The molecule has 0 unspecified atom stereocenters. The van der Waals surface area contributed by atoms with Crippen molar-refractivity contribution in [3.05, 3.63) is 23.3 Å². The van der Waals surface area contributed by atoms with Gasteiger partial charge in [0.1, 0.15) is 12.0 Å². The van der Waals surface area contributed by atoms with Crippen LogP contribution in [0.25, 0.3) is 0 Å². The number of aryl methyl sites for hydroxylation is 2. The third kappa shape index (κ3) is 3.04. The molecule has 0 saturated heterocycles. The Hall–Kier alpha value is -1.40.